The Labute approximate surface area is 145 Å². The molecule has 0 spiro atoms. The molecular formula is C18H19N3O2S. The van der Waals surface area contributed by atoms with Crippen LogP contribution in [0.5, 0.6) is 5.75 Å². The van der Waals surface area contributed by atoms with Crippen LogP contribution in [0.4, 0.5) is 0 Å². The van der Waals surface area contributed by atoms with Crippen LogP contribution in [0.15, 0.2) is 59.8 Å². The number of aliphatic hydroxyl groups is 1. The van der Waals surface area contributed by atoms with Gasteiger partial charge in [-0.1, -0.05) is 30.0 Å². The van der Waals surface area contributed by atoms with Gasteiger partial charge in [0.1, 0.15) is 5.75 Å². The molecule has 0 aliphatic carbocycles. The van der Waals surface area contributed by atoms with Crippen LogP contribution < -0.4 is 4.74 Å². The third-order valence-electron chi connectivity index (χ3n) is 3.53. The molecule has 5 nitrogen and oxygen atoms in total. The molecule has 3 rings (SSSR count). The van der Waals surface area contributed by atoms with Crippen LogP contribution in [0, 0.1) is 0 Å². The molecule has 0 saturated heterocycles. The van der Waals surface area contributed by atoms with Gasteiger partial charge in [0.2, 0.25) is 0 Å². The molecule has 0 saturated carbocycles. The lowest BCUT2D eigenvalue weighted by atomic mass is 10.2. The van der Waals surface area contributed by atoms with Crippen LogP contribution in [-0.4, -0.2) is 39.3 Å². The molecular weight excluding hydrogens is 322 g/mol. The average Bonchev–Trinajstić information content (AvgIpc) is 3.06. The maximum absolute atomic E-state index is 9.00. The Bertz CT molecular complexity index is 773. The fourth-order valence-electron chi connectivity index (χ4n) is 2.33. The van der Waals surface area contributed by atoms with Crippen molar-refractivity contribution in [2.24, 2.45) is 0 Å². The largest absolute Gasteiger partial charge is 0.497 e. The molecule has 0 unspecified atom stereocenters. The third kappa shape index (κ3) is 3.60. The van der Waals surface area contributed by atoms with Gasteiger partial charge in [-0.2, -0.15) is 0 Å². The van der Waals surface area contributed by atoms with E-state index >= 15 is 0 Å². The highest BCUT2D eigenvalue weighted by molar-refractivity contribution is 7.99. The second-order valence-electron chi connectivity index (χ2n) is 5.13. The molecule has 2 aromatic carbocycles. The summed E-state index contributed by atoms with van der Waals surface area (Å²) in [6, 6.07) is 17.8. The van der Waals surface area contributed by atoms with Crippen LogP contribution in [0.3, 0.4) is 0 Å². The maximum Gasteiger partial charge on any atom is 0.196 e. The molecule has 0 aliphatic rings. The minimum atomic E-state index is 0.178. The molecule has 124 valence electrons. The van der Waals surface area contributed by atoms with E-state index in [1.54, 1.807) is 18.9 Å². The molecule has 6 heteroatoms. The van der Waals surface area contributed by atoms with E-state index in [2.05, 4.69) is 10.2 Å². The number of para-hydroxylation sites is 1. The number of methoxy groups -OCH3 is 1. The van der Waals surface area contributed by atoms with Gasteiger partial charge in [0.05, 0.1) is 7.11 Å². The molecule has 1 aromatic heterocycles. The zero-order valence-electron chi connectivity index (χ0n) is 13.4. The number of ether oxygens (including phenoxy) is 1. The predicted molar refractivity (Wildman–Crippen MR) is 95.8 cm³/mol. The fraction of sp³-hybridized carbons (Fsp3) is 0.222. The van der Waals surface area contributed by atoms with Gasteiger partial charge in [-0.15, -0.1) is 10.2 Å². The first-order valence-corrected chi connectivity index (χ1v) is 8.71. The van der Waals surface area contributed by atoms with Crippen LogP contribution in [0.2, 0.25) is 0 Å². The van der Waals surface area contributed by atoms with E-state index in [4.69, 9.17) is 9.84 Å². The summed E-state index contributed by atoms with van der Waals surface area (Å²) in [5.41, 5.74) is 1.99. The van der Waals surface area contributed by atoms with Crippen molar-refractivity contribution >= 4 is 11.8 Å². The van der Waals surface area contributed by atoms with Gasteiger partial charge >= 0.3 is 0 Å². The number of benzene rings is 2. The first-order chi connectivity index (χ1) is 11.8. The third-order valence-corrected chi connectivity index (χ3v) is 4.54. The van der Waals surface area contributed by atoms with Crippen molar-refractivity contribution in [3.63, 3.8) is 0 Å². The normalized spacial score (nSPS) is 10.8. The molecule has 0 fully saturated rings. The van der Waals surface area contributed by atoms with Crippen LogP contribution in [0.1, 0.15) is 6.42 Å². The number of hydrogen-bond donors (Lipinski definition) is 1. The number of thioether (sulfide) groups is 1. The number of aromatic nitrogens is 3. The number of aliphatic hydroxyl groups excluding tert-OH is 1. The molecule has 3 aromatic rings. The SMILES string of the molecule is COc1ccc(-c2nnc(SCCCO)n2-c2ccccc2)cc1. The minimum Gasteiger partial charge on any atom is -0.497 e. The average molecular weight is 341 g/mol. The summed E-state index contributed by atoms with van der Waals surface area (Å²) in [5.74, 6) is 2.39. The van der Waals surface area contributed by atoms with Crippen molar-refractivity contribution < 1.29 is 9.84 Å². The van der Waals surface area contributed by atoms with Crippen molar-refractivity contribution in [3.8, 4) is 22.8 Å². The highest BCUT2D eigenvalue weighted by Gasteiger charge is 2.15. The Morgan fingerprint density at radius 1 is 1.04 bits per heavy atom. The standard InChI is InChI=1S/C18H19N3O2S/c1-23-16-10-8-14(9-11-16)17-19-20-18(24-13-5-12-22)21(17)15-6-3-2-4-7-15/h2-4,6-11,22H,5,12-13H2,1H3. The smallest absolute Gasteiger partial charge is 0.196 e. The van der Waals surface area contributed by atoms with Crippen LogP contribution in [0.25, 0.3) is 17.1 Å². The van der Waals surface area contributed by atoms with Crippen molar-refractivity contribution in [3.05, 3.63) is 54.6 Å². The van der Waals surface area contributed by atoms with E-state index in [0.717, 1.165) is 40.2 Å². The van der Waals surface area contributed by atoms with Gasteiger partial charge < -0.3 is 9.84 Å². The summed E-state index contributed by atoms with van der Waals surface area (Å²) in [5, 5.41) is 18.5. The first kappa shape index (κ1) is 16.5. The Balaban J connectivity index is 2.01. The molecule has 0 amide bonds. The second kappa shape index (κ2) is 7.99. The number of rotatable bonds is 7. The summed E-state index contributed by atoms with van der Waals surface area (Å²) in [6.45, 7) is 0.178. The zero-order chi connectivity index (χ0) is 16.8. The minimum absolute atomic E-state index is 0.178. The highest BCUT2D eigenvalue weighted by Crippen LogP contribution is 2.29. The lowest BCUT2D eigenvalue weighted by Crippen LogP contribution is -2.00. The van der Waals surface area contributed by atoms with E-state index in [0.29, 0.717) is 0 Å². The highest BCUT2D eigenvalue weighted by atomic mass is 32.2. The van der Waals surface area contributed by atoms with Gasteiger partial charge in [-0.05, 0) is 42.8 Å². The molecule has 24 heavy (non-hydrogen) atoms. The Morgan fingerprint density at radius 3 is 2.46 bits per heavy atom. The van der Waals surface area contributed by atoms with Crippen molar-refractivity contribution in [2.45, 2.75) is 11.6 Å². The number of hydrogen-bond acceptors (Lipinski definition) is 5. The zero-order valence-corrected chi connectivity index (χ0v) is 14.2. The quantitative estimate of drug-likeness (QED) is 0.527. The van der Waals surface area contributed by atoms with E-state index in [9.17, 15) is 0 Å². The molecule has 0 aliphatic heterocycles. The van der Waals surface area contributed by atoms with Crippen molar-refractivity contribution in [2.75, 3.05) is 19.5 Å². The summed E-state index contributed by atoms with van der Waals surface area (Å²) in [4.78, 5) is 0. The van der Waals surface area contributed by atoms with E-state index in [1.165, 1.54) is 0 Å². The van der Waals surface area contributed by atoms with Gasteiger partial charge in [-0.3, -0.25) is 4.57 Å². The Hall–Kier alpha value is -2.31. The van der Waals surface area contributed by atoms with Crippen molar-refractivity contribution in [1.82, 2.24) is 14.8 Å². The topological polar surface area (TPSA) is 60.2 Å². The molecule has 0 bridgehead atoms. The predicted octanol–water partition coefficient (Wildman–Crippen LogP) is 3.42. The van der Waals surface area contributed by atoms with Gasteiger partial charge in [0, 0.05) is 23.6 Å². The number of nitrogens with zero attached hydrogens (tertiary/aromatic N) is 3. The second-order valence-corrected chi connectivity index (χ2v) is 6.19. The lowest BCUT2D eigenvalue weighted by Gasteiger charge is -2.10. The molecule has 0 radical (unpaired) electrons. The Kier molecular flexibility index (Phi) is 5.51. The van der Waals surface area contributed by atoms with E-state index in [1.807, 2.05) is 59.2 Å². The van der Waals surface area contributed by atoms with Crippen LogP contribution in [-0.2, 0) is 0 Å². The van der Waals surface area contributed by atoms with E-state index < -0.39 is 0 Å². The fourth-order valence-corrected chi connectivity index (χ4v) is 3.20. The van der Waals surface area contributed by atoms with Crippen molar-refractivity contribution in [1.29, 1.82) is 0 Å². The monoisotopic (exact) mass is 341 g/mol. The maximum atomic E-state index is 9.00. The van der Waals surface area contributed by atoms with E-state index in [-0.39, 0.29) is 6.61 Å². The Morgan fingerprint density at radius 2 is 1.79 bits per heavy atom. The summed E-state index contributed by atoms with van der Waals surface area (Å²) >= 11 is 1.59. The summed E-state index contributed by atoms with van der Waals surface area (Å²) in [7, 11) is 1.65. The molecule has 1 heterocycles. The molecule has 0 atom stereocenters. The summed E-state index contributed by atoms with van der Waals surface area (Å²) < 4.78 is 7.27. The molecule has 1 N–H and O–H groups in total. The van der Waals surface area contributed by atoms with Crippen LogP contribution >= 0.6 is 11.8 Å². The van der Waals surface area contributed by atoms with Gasteiger partial charge in [0.25, 0.3) is 0 Å². The summed E-state index contributed by atoms with van der Waals surface area (Å²) in [6.07, 6.45) is 0.726. The first-order valence-electron chi connectivity index (χ1n) is 7.72. The van der Waals surface area contributed by atoms with Gasteiger partial charge in [0.15, 0.2) is 11.0 Å². The lowest BCUT2D eigenvalue weighted by molar-refractivity contribution is 0.296. The van der Waals surface area contributed by atoms with Gasteiger partial charge in [-0.25, -0.2) is 0 Å².